The van der Waals surface area contributed by atoms with E-state index in [0.717, 1.165) is 19.3 Å². The summed E-state index contributed by atoms with van der Waals surface area (Å²) in [7, 11) is 1.91. The molecule has 0 aromatic rings. The third-order valence-electron chi connectivity index (χ3n) is 3.46. The van der Waals surface area contributed by atoms with Crippen LogP contribution in [0, 0.1) is 5.92 Å². The number of nitrogens with two attached hydrogens (primary N) is 1. The number of nitrogens with zero attached hydrogens (tertiary/aromatic N) is 1. The SMILES string of the molecule is CN(CCCC(F)(F)F)C1CCCC1CN. The zero-order valence-electron chi connectivity index (χ0n) is 9.76. The summed E-state index contributed by atoms with van der Waals surface area (Å²) in [5.74, 6) is 0.468. The maximum absolute atomic E-state index is 12.0. The number of hydrogen-bond acceptors (Lipinski definition) is 2. The average Bonchev–Trinajstić information content (AvgIpc) is 2.63. The van der Waals surface area contributed by atoms with E-state index >= 15 is 0 Å². The van der Waals surface area contributed by atoms with Gasteiger partial charge in [0.05, 0.1) is 0 Å². The van der Waals surface area contributed by atoms with Gasteiger partial charge in [-0.05, 0) is 45.3 Å². The second kappa shape index (κ2) is 5.87. The Morgan fingerprint density at radius 3 is 2.56 bits per heavy atom. The highest BCUT2D eigenvalue weighted by atomic mass is 19.4. The maximum atomic E-state index is 12.0. The molecule has 2 unspecified atom stereocenters. The van der Waals surface area contributed by atoms with Crippen LogP contribution < -0.4 is 5.73 Å². The summed E-state index contributed by atoms with van der Waals surface area (Å²) < 4.78 is 36.0. The normalized spacial score (nSPS) is 26.6. The van der Waals surface area contributed by atoms with Crippen molar-refractivity contribution in [2.45, 2.75) is 44.3 Å². The Hall–Kier alpha value is -0.290. The van der Waals surface area contributed by atoms with E-state index in [2.05, 4.69) is 4.90 Å². The van der Waals surface area contributed by atoms with Crippen LogP contribution in [0.5, 0.6) is 0 Å². The molecule has 1 aliphatic carbocycles. The highest BCUT2D eigenvalue weighted by Crippen LogP contribution is 2.29. The average molecular weight is 238 g/mol. The quantitative estimate of drug-likeness (QED) is 0.797. The predicted octanol–water partition coefficient (Wildman–Crippen LogP) is 2.39. The summed E-state index contributed by atoms with van der Waals surface area (Å²) in [5.41, 5.74) is 5.65. The molecule has 0 aliphatic heterocycles. The highest BCUT2D eigenvalue weighted by molar-refractivity contribution is 4.84. The molecule has 5 heteroatoms. The van der Waals surface area contributed by atoms with Crippen LogP contribution in [0.2, 0.25) is 0 Å². The van der Waals surface area contributed by atoms with Crippen LogP contribution in [0.25, 0.3) is 0 Å². The van der Waals surface area contributed by atoms with Gasteiger partial charge in [-0.2, -0.15) is 13.2 Å². The van der Waals surface area contributed by atoms with Gasteiger partial charge >= 0.3 is 6.18 Å². The van der Waals surface area contributed by atoms with Crippen molar-refractivity contribution in [1.29, 1.82) is 0 Å². The molecular weight excluding hydrogens is 217 g/mol. The van der Waals surface area contributed by atoms with Crippen LogP contribution in [0.4, 0.5) is 13.2 Å². The summed E-state index contributed by atoms with van der Waals surface area (Å²) in [6, 6.07) is 0.387. The van der Waals surface area contributed by atoms with Crippen LogP contribution in [0.15, 0.2) is 0 Å². The fraction of sp³-hybridized carbons (Fsp3) is 1.00. The van der Waals surface area contributed by atoms with E-state index in [9.17, 15) is 13.2 Å². The van der Waals surface area contributed by atoms with Crippen molar-refractivity contribution in [2.75, 3.05) is 20.1 Å². The van der Waals surface area contributed by atoms with Crippen molar-refractivity contribution in [1.82, 2.24) is 4.90 Å². The molecule has 0 radical (unpaired) electrons. The first-order valence-corrected chi connectivity index (χ1v) is 5.91. The lowest BCUT2D eigenvalue weighted by molar-refractivity contribution is -0.136. The van der Waals surface area contributed by atoms with Crippen molar-refractivity contribution in [3.05, 3.63) is 0 Å². The smallest absolute Gasteiger partial charge is 0.330 e. The van der Waals surface area contributed by atoms with Crippen LogP contribution in [0.1, 0.15) is 32.1 Å². The molecule has 0 aromatic carbocycles. The molecule has 96 valence electrons. The van der Waals surface area contributed by atoms with E-state index in [-0.39, 0.29) is 6.42 Å². The van der Waals surface area contributed by atoms with Crippen molar-refractivity contribution >= 4 is 0 Å². The van der Waals surface area contributed by atoms with E-state index in [0.29, 0.717) is 25.0 Å². The van der Waals surface area contributed by atoms with Gasteiger partial charge in [-0.1, -0.05) is 6.42 Å². The van der Waals surface area contributed by atoms with Crippen molar-refractivity contribution in [2.24, 2.45) is 11.7 Å². The van der Waals surface area contributed by atoms with Crippen molar-refractivity contribution < 1.29 is 13.2 Å². The first kappa shape index (κ1) is 13.8. The van der Waals surface area contributed by atoms with Gasteiger partial charge in [0.15, 0.2) is 0 Å². The van der Waals surface area contributed by atoms with Gasteiger partial charge < -0.3 is 10.6 Å². The van der Waals surface area contributed by atoms with Gasteiger partial charge in [-0.3, -0.25) is 0 Å². The van der Waals surface area contributed by atoms with Gasteiger partial charge in [0.25, 0.3) is 0 Å². The fourth-order valence-electron chi connectivity index (χ4n) is 2.57. The Bertz CT molecular complexity index is 206. The summed E-state index contributed by atoms with van der Waals surface area (Å²) in [5, 5.41) is 0. The second-order valence-electron chi connectivity index (χ2n) is 4.69. The third-order valence-corrected chi connectivity index (χ3v) is 3.46. The lowest BCUT2D eigenvalue weighted by Crippen LogP contribution is -2.38. The van der Waals surface area contributed by atoms with Crippen LogP contribution >= 0.6 is 0 Å². The highest BCUT2D eigenvalue weighted by Gasteiger charge is 2.30. The molecule has 0 heterocycles. The molecule has 0 aromatic heterocycles. The van der Waals surface area contributed by atoms with Crippen LogP contribution in [-0.4, -0.2) is 37.3 Å². The molecule has 0 spiro atoms. The van der Waals surface area contributed by atoms with Crippen LogP contribution in [0.3, 0.4) is 0 Å². The fourth-order valence-corrected chi connectivity index (χ4v) is 2.57. The molecule has 0 amide bonds. The molecule has 0 bridgehead atoms. The first-order valence-electron chi connectivity index (χ1n) is 5.91. The van der Waals surface area contributed by atoms with Gasteiger partial charge in [-0.25, -0.2) is 0 Å². The molecule has 1 saturated carbocycles. The zero-order valence-corrected chi connectivity index (χ0v) is 9.76. The maximum Gasteiger partial charge on any atom is 0.389 e. The molecular formula is C11H21F3N2. The summed E-state index contributed by atoms with van der Waals surface area (Å²) >= 11 is 0. The van der Waals surface area contributed by atoms with E-state index in [1.165, 1.54) is 0 Å². The van der Waals surface area contributed by atoms with Crippen molar-refractivity contribution in [3.63, 3.8) is 0 Å². The molecule has 16 heavy (non-hydrogen) atoms. The van der Waals surface area contributed by atoms with E-state index in [1.807, 2.05) is 7.05 Å². The number of halogens is 3. The topological polar surface area (TPSA) is 29.3 Å². The summed E-state index contributed by atoms with van der Waals surface area (Å²) in [4.78, 5) is 2.05. The van der Waals surface area contributed by atoms with Gasteiger partial charge in [0.2, 0.25) is 0 Å². The first-order chi connectivity index (χ1) is 7.44. The summed E-state index contributed by atoms with van der Waals surface area (Å²) in [6.45, 7) is 1.16. The minimum atomic E-state index is -4.02. The standard InChI is InChI=1S/C11H21F3N2/c1-16(7-3-6-11(12,13)14)10-5-2-4-9(10)8-15/h9-10H,2-8,15H2,1H3. The Morgan fingerprint density at radius 1 is 1.31 bits per heavy atom. The van der Waals surface area contributed by atoms with E-state index < -0.39 is 12.6 Å². The van der Waals surface area contributed by atoms with E-state index in [4.69, 9.17) is 5.73 Å². The third kappa shape index (κ3) is 4.29. The molecule has 2 nitrogen and oxygen atoms in total. The van der Waals surface area contributed by atoms with Gasteiger partial charge in [0, 0.05) is 12.5 Å². The largest absolute Gasteiger partial charge is 0.389 e. The molecule has 1 rings (SSSR count). The monoisotopic (exact) mass is 238 g/mol. The zero-order chi connectivity index (χ0) is 12.2. The Labute approximate surface area is 95.0 Å². The second-order valence-corrected chi connectivity index (χ2v) is 4.69. The Kier molecular flexibility index (Phi) is 5.05. The van der Waals surface area contributed by atoms with Gasteiger partial charge in [-0.15, -0.1) is 0 Å². The molecule has 0 saturated heterocycles. The van der Waals surface area contributed by atoms with Crippen LogP contribution in [-0.2, 0) is 0 Å². The number of alkyl halides is 3. The number of rotatable bonds is 5. The molecule has 1 aliphatic rings. The molecule has 2 N–H and O–H groups in total. The minimum absolute atomic E-state index is 0.188. The lowest BCUT2D eigenvalue weighted by Gasteiger charge is -2.29. The lowest BCUT2D eigenvalue weighted by atomic mass is 10.0. The Balaban J connectivity index is 2.26. The van der Waals surface area contributed by atoms with E-state index in [1.54, 1.807) is 0 Å². The predicted molar refractivity (Wildman–Crippen MR) is 58.1 cm³/mol. The number of hydrogen-bond donors (Lipinski definition) is 1. The van der Waals surface area contributed by atoms with Gasteiger partial charge in [0.1, 0.15) is 0 Å². The molecule has 1 fully saturated rings. The Morgan fingerprint density at radius 2 is 2.00 bits per heavy atom. The minimum Gasteiger partial charge on any atom is -0.330 e. The molecule has 2 atom stereocenters. The summed E-state index contributed by atoms with van der Waals surface area (Å²) in [6.07, 6.45) is -1.18. The van der Waals surface area contributed by atoms with Crippen molar-refractivity contribution in [3.8, 4) is 0 Å².